The molecule has 0 aliphatic heterocycles. The molecule has 1 atom stereocenters. The molecule has 0 fully saturated rings. The monoisotopic (exact) mass is 210 g/mol. The first-order chi connectivity index (χ1) is 7.19. The lowest BCUT2D eigenvalue weighted by atomic mass is 10.1. The SMILES string of the molecule is CC(C)C(CO)Nc1nnccc1CN. The fraction of sp³-hybridized carbons (Fsp3) is 0.600. The van der Waals surface area contributed by atoms with Crippen molar-refractivity contribution in [2.45, 2.75) is 26.4 Å². The van der Waals surface area contributed by atoms with Crippen molar-refractivity contribution in [1.82, 2.24) is 10.2 Å². The zero-order chi connectivity index (χ0) is 11.3. The van der Waals surface area contributed by atoms with Crippen molar-refractivity contribution in [2.75, 3.05) is 11.9 Å². The third-order valence-corrected chi connectivity index (χ3v) is 2.35. The van der Waals surface area contributed by atoms with Crippen LogP contribution in [0.15, 0.2) is 12.3 Å². The summed E-state index contributed by atoms with van der Waals surface area (Å²) in [6.07, 6.45) is 1.61. The Morgan fingerprint density at radius 3 is 2.80 bits per heavy atom. The van der Waals surface area contributed by atoms with Gasteiger partial charge < -0.3 is 16.2 Å². The number of aliphatic hydroxyl groups excluding tert-OH is 1. The molecular weight excluding hydrogens is 192 g/mol. The molecule has 0 amide bonds. The van der Waals surface area contributed by atoms with Gasteiger partial charge in [-0.1, -0.05) is 13.8 Å². The number of nitrogens with two attached hydrogens (primary N) is 1. The summed E-state index contributed by atoms with van der Waals surface area (Å²) in [7, 11) is 0. The average Bonchev–Trinajstić information content (AvgIpc) is 2.25. The van der Waals surface area contributed by atoms with E-state index in [1.54, 1.807) is 6.20 Å². The molecule has 5 nitrogen and oxygen atoms in total. The lowest BCUT2D eigenvalue weighted by Crippen LogP contribution is -2.30. The molecule has 84 valence electrons. The number of anilines is 1. The van der Waals surface area contributed by atoms with Gasteiger partial charge in [-0.05, 0) is 12.0 Å². The summed E-state index contributed by atoms with van der Waals surface area (Å²) in [5.74, 6) is 0.982. The van der Waals surface area contributed by atoms with Crippen molar-refractivity contribution in [3.63, 3.8) is 0 Å². The number of rotatable bonds is 5. The molecule has 1 aromatic rings. The van der Waals surface area contributed by atoms with Crippen LogP contribution in [0.5, 0.6) is 0 Å². The summed E-state index contributed by atoms with van der Waals surface area (Å²) in [5, 5.41) is 20.1. The van der Waals surface area contributed by atoms with Crippen LogP contribution in [-0.4, -0.2) is 28.0 Å². The molecule has 1 heterocycles. The Morgan fingerprint density at radius 1 is 1.53 bits per heavy atom. The normalized spacial score (nSPS) is 12.9. The maximum absolute atomic E-state index is 9.18. The fourth-order valence-corrected chi connectivity index (χ4v) is 1.24. The van der Waals surface area contributed by atoms with Crippen molar-refractivity contribution >= 4 is 5.82 Å². The van der Waals surface area contributed by atoms with E-state index < -0.39 is 0 Å². The van der Waals surface area contributed by atoms with Crippen LogP contribution in [0.25, 0.3) is 0 Å². The molecule has 0 saturated heterocycles. The van der Waals surface area contributed by atoms with E-state index in [0.29, 0.717) is 18.3 Å². The lowest BCUT2D eigenvalue weighted by Gasteiger charge is -2.21. The number of hydrogen-bond acceptors (Lipinski definition) is 5. The molecule has 1 rings (SSSR count). The Kier molecular flexibility index (Phi) is 4.45. The van der Waals surface area contributed by atoms with Gasteiger partial charge in [-0.3, -0.25) is 0 Å². The minimum absolute atomic E-state index is 0.0213. The third-order valence-electron chi connectivity index (χ3n) is 2.35. The van der Waals surface area contributed by atoms with Crippen molar-refractivity contribution < 1.29 is 5.11 Å². The van der Waals surface area contributed by atoms with E-state index in [2.05, 4.69) is 15.5 Å². The van der Waals surface area contributed by atoms with Gasteiger partial charge in [0.25, 0.3) is 0 Å². The quantitative estimate of drug-likeness (QED) is 0.653. The summed E-state index contributed by atoms with van der Waals surface area (Å²) in [6, 6.07) is 1.80. The van der Waals surface area contributed by atoms with E-state index in [9.17, 15) is 5.11 Å². The van der Waals surface area contributed by atoms with Gasteiger partial charge in [0, 0.05) is 12.1 Å². The molecule has 0 spiro atoms. The van der Waals surface area contributed by atoms with E-state index in [1.165, 1.54) is 0 Å². The van der Waals surface area contributed by atoms with Crippen LogP contribution in [0.3, 0.4) is 0 Å². The van der Waals surface area contributed by atoms with Gasteiger partial charge in [-0.25, -0.2) is 0 Å². The lowest BCUT2D eigenvalue weighted by molar-refractivity contribution is 0.249. The highest BCUT2D eigenvalue weighted by molar-refractivity contribution is 5.43. The van der Waals surface area contributed by atoms with Gasteiger partial charge in [0.15, 0.2) is 5.82 Å². The van der Waals surface area contributed by atoms with Gasteiger partial charge >= 0.3 is 0 Å². The minimum atomic E-state index is -0.0213. The minimum Gasteiger partial charge on any atom is -0.394 e. The van der Waals surface area contributed by atoms with E-state index in [1.807, 2.05) is 19.9 Å². The summed E-state index contributed by atoms with van der Waals surface area (Å²) in [4.78, 5) is 0. The molecule has 0 saturated carbocycles. The predicted molar refractivity (Wildman–Crippen MR) is 59.3 cm³/mol. The molecular formula is C10H18N4O. The largest absolute Gasteiger partial charge is 0.394 e. The second kappa shape index (κ2) is 5.63. The first kappa shape index (κ1) is 11.9. The van der Waals surface area contributed by atoms with E-state index >= 15 is 0 Å². The smallest absolute Gasteiger partial charge is 0.153 e. The molecule has 0 aliphatic carbocycles. The van der Waals surface area contributed by atoms with Crippen molar-refractivity contribution in [1.29, 1.82) is 0 Å². The van der Waals surface area contributed by atoms with Gasteiger partial charge in [0.05, 0.1) is 18.8 Å². The summed E-state index contributed by atoms with van der Waals surface area (Å²) >= 11 is 0. The maximum atomic E-state index is 9.18. The first-order valence-electron chi connectivity index (χ1n) is 5.07. The topological polar surface area (TPSA) is 84.1 Å². The number of aromatic nitrogens is 2. The number of nitrogens with one attached hydrogen (secondary N) is 1. The van der Waals surface area contributed by atoms with Crippen LogP contribution in [0.1, 0.15) is 19.4 Å². The fourth-order valence-electron chi connectivity index (χ4n) is 1.24. The summed E-state index contributed by atoms with van der Waals surface area (Å²) in [5.41, 5.74) is 6.48. The highest BCUT2D eigenvalue weighted by Crippen LogP contribution is 2.13. The highest BCUT2D eigenvalue weighted by atomic mass is 16.3. The maximum Gasteiger partial charge on any atom is 0.153 e. The van der Waals surface area contributed by atoms with Crippen LogP contribution in [-0.2, 0) is 6.54 Å². The second-order valence-corrected chi connectivity index (χ2v) is 3.79. The van der Waals surface area contributed by atoms with Crippen LogP contribution < -0.4 is 11.1 Å². The first-order valence-corrected chi connectivity index (χ1v) is 5.07. The summed E-state index contributed by atoms with van der Waals surface area (Å²) in [6.45, 7) is 4.55. The van der Waals surface area contributed by atoms with Gasteiger partial charge in [-0.2, -0.15) is 5.10 Å². The highest BCUT2D eigenvalue weighted by Gasteiger charge is 2.14. The predicted octanol–water partition coefficient (Wildman–Crippen LogP) is 0.364. The molecule has 1 aromatic heterocycles. The zero-order valence-electron chi connectivity index (χ0n) is 9.14. The molecule has 0 bridgehead atoms. The van der Waals surface area contributed by atoms with E-state index in [-0.39, 0.29) is 12.6 Å². The van der Waals surface area contributed by atoms with Gasteiger partial charge in [0.2, 0.25) is 0 Å². The van der Waals surface area contributed by atoms with E-state index in [4.69, 9.17) is 5.73 Å². The standard InChI is InChI=1S/C10H18N4O/c1-7(2)9(6-15)13-10-8(5-11)3-4-12-14-10/h3-4,7,9,15H,5-6,11H2,1-2H3,(H,13,14). The number of aliphatic hydroxyl groups is 1. The zero-order valence-corrected chi connectivity index (χ0v) is 9.14. The molecule has 0 radical (unpaired) electrons. The molecule has 4 N–H and O–H groups in total. The second-order valence-electron chi connectivity index (χ2n) is 3.79. The van der Waals surface area contributed by atoms with Crippen LogP contribution >= 0.6 is 0 Å². The van der Waals surface area contributed by atoms with Crippen LogP contribution in [0.4, 0.5) is 5.82 Å². The molecule has 0 aliphatic rings. The Labute approximate surface area is 89.7 Å². The third kappa shape index (κ3) is 3.14. The number of nitrogens with zero attached hydrogens (tertiary/aromatic N) is 2. The van der Waals surface area contributed by atoms with Crippen molar-refractivity contribution in [3.05, 3.63) is 17.8 Å². The average molecular weight is 210 g/mol. The van der Waals surface area contributed by atoms with Crippen LogP contribution in [0, 0.1) is 5.92 Å². The Balaban J connectivity index is 2.78. The number of hydrogen-bond donors (Lipinski definition) is 3. The summed E-state index contributed by atoms with van der Waals surface area (Å²) < 4.78 is 0. The molecule has 5 heteroatoms. The Bertz CT molecular complexity index is 303. The molecule has 1 unspecified atom stereocenters. The van der Waals surface area contributed by atoms with E-state index in [0.717, 1.165) is 5.56 Å². The molecule has 15 heavy (non-hydrogen) atoms. The van der Waals surface area contributed by atoms with Crippen molar-refractivity contribution in [2.24, 2.45) is 11.7 Å². The Hall–Kier alpha value is -1.20. The van der Waals surface area contributed by atoms with Crippen LogP contribution in [0.2, 0.25) is 0 Å². The van der Waals surface area contributed by atoms with Gasteiger partial charge in [0.1, 0.15) is 0 Å². The molecule has 0 aromatic carbocycles. The van der Waals surface area contributed by atoms with Crippen molar-refractivity contribution in [3.8, 4) is 0 Å². The Morgan fingerprint density at radius 2 is 2.27 bits per heavy atom. The van der Waals surface area contributed by atoms with Gasteiger partial charge in [-0.15, -0.1) is 5.10 Å².